The molecule has 2 rings (SSSR count). The minimum absolute atomic E-state index is 0.788. The van der Waals surface area contributed by atoms with Gasteiger partial charge in [-0.05, 0) is 6.07 Å². The van der Waals surface area contributed by atoms with Crippen LogP contribution in [0.2, 0.25) is 0 Å². The largest absolute Gasteiger partial charge is 0.405 e. The molecule has 1 aromatic carbocycles. The van der Waals surface area contributed by atoms with Crippen LogP contribution < -0.4 is 4.84 Å². The van der Waals surface area contributed by atoms with Crippen LogP contribution in [0.15, 0.2) is 24.3 Å². The maximum Gasteiger partial charge on any atom is 0.152 e. The molecule has 0 spiro atoms. The molecule has 0 N–H and O–H groups in total. The van der Waals surface area contributed by atoms with E-state index in [9.17, 15) is 0 Å². The van der Waals surface area contributed by atoms with E-state index in [1.54, 1.807) is 5.06 Å². The third kappa shape index (κ3) is 0.772. The first kappa shape index (κ1) is 5.74. The molecular formula is C8H8NO. The van der Waals surface area contributed by atoms with Crippen LogP contribution in [0.25, 0.3) is 0 Å². The average Bonchev–Trinajstić information content (AvgIpc) is 2.27. The maximum absolute atomic E-state index is 5.23. The van der Waals surface area contributed by atoms with Gasteiger partial charge in [-0.2, -0.15) is 0 Å². The first-order valence-electron chi connectivity index (χ1n) is 3.20. The molecule has 0 unspecified atom stereocenters. The molecular weight excluding hydrogens is 126 g/mol. The van der Waals surface area contributed by atoms with Gasteiger partial charge in [0.25, 0.3) is 0 Å². The Balaban J connectivity index is 2.42. The molecule has 0 saturated heterocycles. The lowest BCUT2D eigenvalue weighted by Crippen LogP contribution is -2.10. The second kappa shape index (κ2) is 1.99. The topological polar surface area (TPSA) is 12.5 Å². The summed E-state index contributed by atoms with van der Waals surface area (Å²) in [6.07, 6.45) is 0. The molecule has 2 heteroatoms. The highest BCUT2D eigenvalue weighted by molar-refractivity contribution is 5.34. The molecule has 10 heavy (non-hydrogen) atoms. The van der Waals surface area contributed by atoms with E-state index in [-0.39, 0.29) is 0 Å². The van der Waals surface area contributed by atoms with Crippen LogP contribution >= 0.6 is 0 Å². The molecule has 1 heterocycles. The van der Waals surface area contributed by atoms with Gasteiger partial charge in [-0.3, -0.25) is 0 Å². The molecule has 0 aliphatic carbocycles. The van der Waals surface area contributed by atoms with Gasteiger partial charge in [-0.1, -0.05) is 18.2 Å². The van der Waals surface area contributed by atoms with Gasteiger partial charge in [0.15, 0.2) is 5.75 Å². The molecule has 1 aliphatic heterocycles. The van der Waals surface area contributed by atoms with Gasteiger partial charge in [-0.25, -0.2) is 0 Å². The Hall–Kier alpha value is -1.02. The molecule has 0 bridgehead atoms. The summed E-state index contributed by atoms with van der Waals surface area (Å²) in [5.41, 5.74) is 1.21. The highest BCUT2D eigenvalue weighted by atomic mass is 16.7. The quantitative estimate of drug-likeness (QED) is 0.534. The van der Waals surface area contributed by atoms with Crippen molar-refractivity contribution in [2.75, 3.05) is 0 Å². The number of hydroxylamine groups is 2. The summed E-state index contributed by atoms with van der Waals surface area (Å²) in [6, 6.07) is 7.94. The molecule has 0 amide bonds. The fourth-order valence-corrected chi connectivity index (χ4v) is 1.08. The summed E-state index contributed by atoms with van der Waals surface area (Å²) in [5.74, 6) is 0.928. The van der Waals surface area contributed by atoms with E-state index >= 15 is 0 Å². The monoisotopic (exact) mass is 134 g/mol. The molecule has 0 atom stereocenters. The lowest BCUT2D eigenvalue weighted by Gasteiger charge is -2.03. The third-order valence-corrected chi connectivity index (χ3v) is 1.55. The second-order valence-corrected chi connectivity index (χ2v) is 2.34. The standard InChI is InChI=1S/C8H8NO/c1-9-6-7-4-2-3-5-8(7)10-9/h2-5H,1,6H2. The Labute approximate surface area is 60.0 Å². The Morgan fingerprint density at radius 3 is 3.00 bits per heavy atom. The van der Waals surface area contributed by atoms with Crippen molar-refractivity contribution in [1.82, 2.24) is 5.06 Å². The molecule has 1 aliphatic rings. The third-order valence-electron chi connectivity index (χ3n) is 1.55. The number of para-hydroxylation sites is 1. The predicted octanol–water partition coefficient (Wildman–Crippen LogP) is 1.59. The van der Waals surface area contributed by atoms with Gasteiger partial charge < -0.3 is 4.84 Å². The van der Waals surface area contributed by atoms with Crippen LogP contribution in [-0.2, 0) is 6.54 Å². The Bertz CT molecular complexity index is 222. The minimum atomic E-state index is 0.788. The summed E-state index contributed by atoms with van der Waals surface area (Å²) in [5, 5.41) is 1.57. The number of benzene rings is 1. The number of hydrogen-bond donors (Lipinski definition) is 0. The van der Waals surface area contributed by atoms with Crippen LogP contribution in [0.4, 0.5) is 0 Å². The molecule has 2 nitrogen and oxygen atoms in total. The highest BCUT2D eigenvalue weighted by Gasteiger charge is 2.15. The smallest absolute Gasteiger partial charge is 0.152 e. The second-order valence-electron chi connectivity index (χ2n) is 2.34. The van der Waals surface area contributed by atoms with E-state index in [1.165, 1.54) is 5.56 Å². The minimum Gasteiger partial charge on any atom is -0.405 e. The van der Waals surface area contributed by atoms with Gasteiger partial charge in [0.1, 0.15) is 0 Å². The summed E-state index contributed by atoms with van der Waals surface area (Å²) in [7, 11) is 3.66. The number of hydrogen-bond acceptors (Lipinski definition) is 2. The van der Waals surface area contributed by atoms with Gasteiger partial charge in [0.05, 0.1) is 13.6 Å². The van der Waals surface area contributed by atoms with E-state index in [0.29, 0.717) is 0 Å². The van der Waals surface area contributed by atoms with Crippen molar-refractivity contribution in [2.45, 2.75) is 6.54 Å². The number of fused-ring (bicyclic) bond motifs is 1. The van der Waals surface area contributed by atoms with Crippen molar-refractivity contribution in [3.8, 4) is 5.75 Å². The Kier molecular flexibility index (Phi) is 1.14. The summed E-state index contributed by atoms with van der Waals surface area (Å²) in [6.45, 7) is 0.788. The highest BCUT2D eigenvalue weighted by Crippen LogP contribution is 2.26. The van der Waals surface area contributed by atoms with E-state index in [1.807, 2.05) is 24.3 Å². The van der Waals surface area contributed by atoms with Crippen LogP contribution in [-0.4, -0.2) is 5.06 Å². The summed E-state index contributed by atoms with van der Waals surface area (Å²) >= 11 is 0. The Morgan fingerprint density at radius 1 is 1.40 bits per heavy atom. The van der Waals surface area contributed by atoms with E-state index < -0.39 is 0 Å². The zero-order valence-corrected chi connectivity index (χ0v) is 5.58. The van der Waals surface area contributed by atoms with E-state index in [2.05, 4.69) is 7.05 Å². The van der Waals surface area contributed by atoms with E-state index in [0.717, 1.165) is 12.3 Å². The zero-order valence-electron chi connectivity index (χ0n) is 5.58. The number of rotatable bonds is 0. The first-order chi connectivity index (χ1) is 4.86. The van der Waals surface area contributed by atoms with Gasteiger partial charge in [0, 0.05) is 5.56 Å². The molecule has 51 valence electrons. The van der Waals surface area contributed by atoms with Crippen molar-refractivity contribution >= 4 is 0 Å². The molecule has 0 aromatic heterocycles. The molecule has 0 saturated carbocycles. The predicted molar refractivity (Wildman–Crippen MR) is 38.0 cm³/mol. The lowest BCUT2D eigenvalue weighted by molar-refractivity contribution is 0.00771. The van der Waals surface area contributed by atoms with Crippen LogP contribution in [0.5, 0.6) is 5.75 Å². The number of nitrogens with zero attached hydrogens (tertiary/aromatic N) is 1. The van der Waals surface area contributed by atoms with Gasteiger partial charge in [0.2, 0.25) is 0 Å². The first-order valence-corrected chi connectivity index (χ1v) is 3.20. The van der Waals surface area contributed by atoms with Crippen LogP contribution in [0.3, 0.4) is 0 Å². The Morgan fingerprint density at radius 2 is 2.20 bits per heavy atom. The van der Waals surface area contributed by atoms with Crippen molar-refractivity contribution in [3.05, 3.63) is 36.9 Å². The fraction of sp³-hybridized carbons (Fsp3) is 0.125. The molecule has 0 fully saturated rings. The van der Waals surface area contributed by atoms with Crippen molar-refractivity contribution < 1.29 is 4.84 Å². The summed E-state index contributed by atoms with van der Waals surface area (Å²) < 4.78 is 0. The van der Waals surface area contributed by atoms with Crippen LogP contribution in [0.1, 0.15) is 5.56 Å². The average molecular weight is 134 g/mol. The lowest BCUT2D eigenvalue weighted by atomic mass is 10.2. The van der Waals surface area contributed by atoms with Gasteiger partial charge >= 0.3 is 0 Å². The normalized spacial score (nSPS) is 16.5. The van der Waals surface area contributed by atoms with Crippen LogP contribution in [0, 0.1) is 7.05 Å². The zero-order chi connectivity index (χ0) is 6.97. The van der Waals surface area contributed by atoms with Crippen molar-refractivity contribution in [1.29, 1.82) is 0 Å². The fourth-order valence-electron chi connectivity index (χ4n) is 1.08. The van der Waals surface area contributed by atoms with Crippen molar-refractivity contribution in [2.24, 2.45) is 0 Å². The maximum atomic E-state index is 5.23. The van der Waals surface area contributed by atoms with E-state index in [4.69, 9.17) is 4.84 Å². The SMILES string of the molecule is [CH2]N1Cc2ccccc2O1. The summed E-state index contributed by atoms with van der Waals surface area (Å²) in [4.78, 5) is 5.23. The molecule has 1 aromatic rings. The van der Waals surface area contributed by atoms with Gasteiger partial charge in [-0.15, -0.1) is 5.06 Å². The van der Waals surface area contributed by atoms with Crippen molar-refractivity contribution in [3.63, 3.8) is 0 Å². The molecule has 1 radical (unpaired) electrons.